The number of hydrogen-bond donors (Lipinski definition) is 3. The third-order valence-electron chi connectivity index (χ3n) is 13.9. The van der Waals surface area contributed by atoms with E-state index in [-0.39, 0.29) is 25.7 Å². The Kier molecular flexibility index (Phi) is 51.8. The number of aliphatic hydroxyl groups excluding tert-OH is 1. The molecule has 6 atom stereocenters. The van der Waals surface area contributed by atoms with Crippen LogP contribution in [0.25, 0.3) is 0 Å². The van der Waals surface area contributed by atoms with Crippen LogP contribution in [0.3, 0.4) is 0 Å². The molecule has 0 saturated heterocycles. The normalized spacial score (nSPS) is 14.7. The number of phosphoric ester groups is 2. The van der Waals surface area contributed by atoms with Gasteiger partial charge in [0.1, 0.15) is 19.3 Å². The Bertz CT molecular complexity index is 1540. The quantitative estimate of drug-likeness (QED) is 0.0222. The van der Waals surface area contributed by atoms with Gasteiger partial charge in [-0.15, -0.1) is 0 Å². The molecule has 0 aromatic rings. The van der Waals surface area contributed by atoms with Crippen molar-refractivity contribution >= 4 is 39.5 Å². The fourth-order valence-corrected chi connectivity index (χ4v) is 10.2. The lowest BCUT2D eigenvalue weighted by Crippen LogP contribution is -2.30. The van der Waals surface area contributed by atoms with Gasteiger partial charge in [-0.3, -0.25) is 37.3 Å². The van der Waals surface area contributed by atoms with Gasteiger partial charge in [-0.25, -0.2) is 9.13 Å². The molecule has 0 amide bonds. The lowest BCUT2D eigenvalue weighted by atomic mass is 9.99. The predicted octanol–water partition coefficient (Wildman–Crippen LogP) is 15.8. The Morgan fingerprint density at radius 2 is 0.615 bits per heavy atom. The minimum Gasteiger partial charge on any atom is -0.462 e. The number of carbonyl (C=O) groups excluding carboxylic acids is 4. The standard InChI is InChI=1S/C59H114O17P2/c1-6-10-13-16-17-18-19-20-21-22-26-29-34-38-43-57(62)70-49-55(76-59(64)45-40-35-30-27-24-23-25-28-33-36-41-52(5)9-4)51-74-78(67,68)72-47-53(60)46-71-77(65,66)73-50-54(75-58(63)44-39-32-15-12-8-3)48-69-56(61)42-37-31-14-11-7-2/h52-55,60H,6-51H2,1-5H3,(H,65,66)(H,67,68)/t52?,53-,54+,55+/m0/s1. The molecule has 19 heteroatoms. The van der Waals surface area contributed by atoms with Crippen molar-refractivity contribution in [2.45, 2.75) is 310 Å². The van der Waals surface area contributed by atoms with E-state index in [0.29, 0.717) is 25.7 Å². The van der Waals surface area contributed by atoms with Gasteiger partial charge in [-0.1, -0.05) is 240 Å². The van der Waals surface area contributed by atoms with E-state index in [1.54, 1.807) is 0 Å². The van der Waals surface area contributed by atoms with Gasteiger partial charge in [0.2, 0.25) is 0 Å². The summed E-state index contributed by atoms with van der Waals surface area (Å²) in [4.78, 5) is 71.5. The molecule has 0 radical (unpaired) electrons. The van der Waals surface area contributed by atoms with E-state index in [2.05, 4.69) is 34.6 Å². The highest BCUT2D eigenvalue weighted by Crippen LogP contribution is 2.45. The number of hydrogen-bond acceptors (Lipinski definition) is 15. The average molecular weight is 1160 g/mol. The Morgan fingerprint density at radius 3 is 0.910 bits per heavy atom. The van der Waals surface area contributed by atoms with Crippen molar-refractivity contribution in [3.05, 3.63) is 0 Å². The maximum Gasteiger partial charge on any atom is 0.472 e. The summed E-state index contributed by atoms with van der Waals surface area (Å²) < 4.78 is 67.4. The topological polar surface area (TPSA) is 237 Å². The van der Waals surface area contributed by atoms with Gasteiger partial charge in [-0.2, -0.15) is 0 Å². The fraction of sp³-hybridized carbons (Fsp3) is 0.932. The van der Waals surface area contributed by atoms with E-state index in [0.717, 1.165) is 102 Å². The van der Waals surface area contributed by atoms with Crippen molar-refractivity contribution in [3.8, 4) is 0 Å². The van der Waals surface area contributed by atoms with Crippen LogP contribution in [-0.4, -0.2) is 96.7 Å². The largest absolute Gasteiger partial charge is 0.472 e. The molecule has 0 heterocycles. The summed E-state index contributed by atoms with van der Waals surface area (Å²) in [5, 5.41) is 10.5. The van der Waals surface area contributed by atoms with E-state index in [4.69, 9.17) is 37.0 Å². The van der Waals surface area contributed by atoms with Crippen molar-refractivity contribution < 1.29 is 80.2 Å². The minimum absolute atomic E-state index is 0.0988. The number of phosphoric acid groups is 2. The summed E-state index contributed by atoms with van der Waals surface area (Å²) >= 11 is 0. The molecule has 0 spiro atoms. The lowest BCUT2D eigenvalue weighted by molar-refractivity contribution is -0.161. The first kappa shape index (κ1) is 76.1. The summed E-state index contributed by atoms with van der Waals surface area (Å²) in [7, 11) is -9.86. The minimum atomic E-state index is -4.94. The zero-order valence-corrected chi connectivity index (χ0v) is 51.6. The Morgan fingerprint density at radius 1 is 0.359 bits per heavy atom. The average Bonchev–Trinajstić information content (AvgIpc) is 3.41. The van der Waals surface area contributed by atoms with Gasteiger partial charge in [0.05, 0.1) is 26.4 Å². The van der Waals surface area contributed by atoms with E-state index in [9.17, 15) is 43.2 Å². The SMILES string of the molecule is CCCCCCCCCCCCCCCCC(=O)OC[C@H](COP(=O)(O)OC[C@@H](O)COP(=O)(O)OC[C@@H](COC(=O)CCCCCCC)OC(=O)CCCCCCC)OC(=O)CCCCCCCCCCCCC(C)CC. The molecule has 0 aromatic heterocycles. The molecule has 462 valence electrons. The molecule has 0 aliphatic carbocycles. The van der Waals surface area contributed by atoms with E-state index < -0.39 is 97.5 Å². The molecule has 78 heavy (non-hydrogen) atoms. The van der Waals surface area contributed by atoms with E-state index in [1.165, 1.54) is 109 Å². The maximum absolute atomic E-state index is 12.9. The molecule has 0 aliphatic rings. The van der Waals surface area contributed by atoms with Crippen LogP contribution in [0.1, 0.15) is 291 Å². The molecular formula is C59H114O17P2. The first-order valence-electron chi connectivity index (χ1n) is 31.2. The number of esters is 4. The lowest BCUT2D eigenvalue weighted by Gasteiger charge is -2.21. The molecule has 3 unspecified atom stereocenters. The van der Waals surface area contributed by atoms with Crippen LogP contribution in [0.5, 0.6) is 0 Å². The maximum atomic E-state index is 12.9. The zero-order valence-electron chi connectivity index (χ0n) is 49.8. The second kappa shape index (κ2) is 53.1. The van der Waals surface area contributed by atoms with Crippen LogP contribution in [0.15, 0.2) is 0 Å². The predicted molar refractivity (Wildman–Crippen MR) is 308 cm³/mol. The number of carbonyl (C=O) groups is 4. The molecule has 0 bridgehead atoms. The highest BCUT2D eigenvalue weighted by atomic mass is 31.2. The molecule has 0 rings (SSSR count). The van der Waals surface area contributed by atoms with Crippen molar-refractivity contribution in [2.24, 2.45) is 5.92 Å². The molecule has 0 aromatic carbocycles. The van der Waals surface area contributed by atoms with Crippen LogP contribution in [0, 0.1) is 5.92 Å². The third-order valence-corrected chi connectivity index (χ3v) is 15.8. The fourth-order valence-electron chi connectivity index (χ4n) is 8.67. The Labute approximate surface area is 473 Å². The Hall–Kier alpha value is -1.94. The van der Waals surface area contributed by atoms with Gasteiger partial charge < -0.3 is 33.8 Å². The van der Waals surface area contributed by atoms with Gasteiger partial charge in [0.25, 0.3) is 0 Å². The smallest absolute Gasteiger partial charge is 0.462 e. The van der Waals surface area contributed by atoms with Gasteiger partial charge in [0, 0.05) is 25.7 Å². The van der Waals surface area contributed by atoms with E-state index >= 15 is 0 Å². The summed E-state index contributed by atoms with van der Waals surface area (Å²) in [5.74, 6) is -1.36. The second-order valence-electron chi connectivity index (χ2n) is 21.6. The molecule has 0 fully saturated rings. The monoisotopic (exact) mass is 1160 g/mol. The van der Waals surface area contributed by atoms with Gasteiger partial charge in [0.15, 0.2) is 12.2 Å². The van der Waals surface area contributed by atoms with Crippen LogP contribution < -0.4 is 0 Å². The van der Waals surface area contributed by atoms with Crippen molar-refractivity contribution in [1.82, 2.24) is 0 Å². The van der Waals surface area contributed by atoms with Crippen LogP contribution in [-0.2, 0) is 65.4 Å². The molecule has 3 N–H and O–H groups in total. The first-order chi connectivity index (χ1) is 37.6. The third kappa shape index (κ3) is 52.2. The summed E-state index contributed by atoms with van der Waals surface area (Å²) in [6, 6.07) is 0. The summed E-state index contributed by atoms with van der Waals surface area (Å²) in [5.41, 5.74) is 0. The van der Waals surface area contributed by atoms with Crippen LogP contribution in [0.4, 0.5) is 0 Å². The van der Waals surface area contributed by atoms with Crippen molar-refractivity contribution in [1.29, 1.82) is 0 Å². The highest BCUT2D eigenvalue weighted by molar-refractivity contribution is 7.47. The second-order valence-corrected chi connectivity index (χ2v) is 24.5. The highest BCUT2D eigenvalue weighted by Gasteiger charge is 2.30. The number of unbranched alkanes of at least 4 members (excludes halogenated alkanes) is 30. The molecule has 0 saturated carbocycles. The van der Waals surface area contributed by atoms with Crippen LogP contribution in [0.2, 0.25) is 0 Å². The first-order valence-corrected chi connectivity index (χ1v) is 34.2. The van der Waals surface area contributed by atoms with Gasteiger partial charge >= 0.3 is 39.5 Å². The molecule has 0 aliphatic heterocycles. The van der Waals surface area contributed by atoms with Crippen LogP contribution >= 0.6 is 15.6 Å². The number of aliphatic hydroxyl groups is 1. The summed E-state index contributed by atoms with van der Waals surface area (Å²) in [6.07, 6.45) is 35.5. The molecular weight excluding hydrogens is 1040 g/mol. The van der Waals surface area contributed by atoms with E-state index in [1.807, 2.05) is 0 Å². The number of rotatable bonds is 59. The van der Waals surface area contributed by atoms with Crippen molar-refractivity contribution in [2.75, 3.05) is 39.6 Å². The Balaban J connectivity index is 5.13. The van der Waals surface area contributed by atoms with Gasteiger partial charge in [-0.05, 0) is 31.6 Å². The summed E-state index contributed by atoms with van der Waals surface area (Å²) in [6.45, 7) is 7.00. The van der Waals surface area contributed by atoms with Crippen molar-refractivity contribution in [3.63, 3.8) is 0 Å². The molecule has 17 nitrogen and oxygen atoms in total. The number of ether oxygens (including phenoxy) is 4. The zero-order chi connectivity index (χ0) is 57.8.